The van der Waals surface area contributed by atoms with Gasteiger partial charge in [0, 0.05) is 25.3 Å². The average molecular weight is 267 g/mol. The fraction of sp³-hybridized carbons (Fsp3) is 0.714. The molecule has 1 aromatic rings. The number of nitrogens with zero attached hydrogens (tertiary/aromatic N) is 3. The number of carboxylic acids is 1. The lowest BCUT2D eigenvalue weighted by molar-refractivity contribution is -0.138. The second-order valence-electron chi connectivity index (χ2n) is 5.50. The first-order valence-corrected chi connectivity index (χ1v) is 6.90. The number of carbonyl (C=O) groups is 1. The van der Waals surface area contributed by atoms with Gasteiger partial charge in [-0.15, -0.1) is 0 Å². The van der Waals surface area contributed by atoms with Crippen molar-refractivity contribution < 1.29 is 9.90 Å². The third-order valence-corrected chi connectivity index (χ3v) is 3.07. The van der Waals surface area contributed by atoms with E-state index in [0.29, 0.717) is 18.5 Å². The SMILES string of the molecule is CCC(C)n1ccc(CN(CC(=O)O)CC(C)C)n1. The monoisotopic (exact) mass is 267 g/mol. The molecule has 5 heteroatoms. The van der Waals surface area contributed by atoms with Gasteiger partial charge in [0.05, 0.1) is 12.2 Å². The number of hydrogen-bond acceptors (Lipinski definition) is 3. The molecule has 0 fully saturated rings. The third kappa shape index (κ3) is 5.42. The number of hydrogen-bond donors (Lipinski definition) is 1. The van der Waals surface area contributed by atoms with Gasteiger partial charge in [0.2, 0.25) is 0 Å². The van der Waals surface area contributed by atoms with Crippen molar-refractivity contribution in [1.29, 1.82) is 0 Å². The first-order valence-electron chi connectivity index (χ1n) is 6.90. The van der Waals surface area contributed by atoms with Crippen LogP contribution in [0, 0.1) is 5.92 Å². The molecule has 0 aliphatic rings. The van der Waals surface area contributed by atoms with Gasteiger partial charge in [-0.2, -0.15) is 5.10 Å². The second-order valence-corrected chi connectivity index (χ2v) is 5.50. The Kier molecular flexibility index (Phi) is 6.02. The summed E-state index contributed by atoms with van der Waals surface area (Å²) >= 11 is 0. The minimum absolute atomic E-state index is 0.0639. The van der Waals surface area contributed by atoms with Crippen LogP contribution >= 0.6 is 0 Å². The molecule has 0 saturated heterocycles. The Morgan fingerprint density at radius 2 is 2.16 bits per heavy atom. The van der Waals surface area contributed by atoms with Gasteiger partial charge in [-0.25, -0.2) is 0 Å². The van der Waals surface area contributed by atoms with Crippen molar-refractivity contribution in [3.63, 3.8) is 0 Å². The van der Waals surface area contributed by atoms with E-state index < -0.39 is 5.97 Å². The third-order valence-electron chi connectivity index (χ3n) is 3.07. The summed E-state index contributed by atoms with van der Waals surface area (Å²) in [6.45, 7) is 9.85. The summed E-state index contributed by atoms with van der Waals surface area (Å²) in [4.78, 5) is 12.8. The van der Waals surface area contributed by atoms with E-state index in [1.54, 1.807) is 0 Å². The number of carboxylic acid groups (broad SMARTS) is 1. The highest BCUT2D eigenvalue weighted by Gasteiger charge is 2.14. The molecular formula is C14H25N3O2. The van der Waals surface area contributed by atoms with Gasteiger partial charge in [-0.1, -0.05) is 20.8 Å². The molecule has 0 bridgehead atoms. The zero-order valence-electron chi connectivity index (χ0n) is 12.3. The molecule has 1 heterocycles. The zero-order chi connectivity index (χ0) is 14.4. The summed E-state index contributed by atoms with van der Waals surface area (Å²) in [6, 6.07) is 2.35. The van der Waals surface area contributed by atoms with Gasteiger partial charge in [0.15, 0.2) is 0 Å². The van der Waals surface area contributed by atoms with Crippen LogP contribution in [0.2, 0.25) is 0 Å². The van der Waals surface area contributed by atoms with Crippen molar-refractivity contribution in [2.24, 2.45) is 5.92 Å². The maximum absolute atomic E-state index is 10.9. The van der Waals surface area contributed by atoms with E-state index in [2.05, 4.69) is 32.8 Å². The summed E-state index contributed by atoms with van der Waals surface area (Å²) < 4.78 is 1.95. The van der Waals surface area contributed by atoms with Crippen molar-refractivity contribution in [3.05, 3.63) is 18.0 Å². The van der Waals surface area contributed by atoms with E-state index in [1.165, 1.54) is 0 Å². The molecule has 108 valence electrons. The first kappa shape index (κ1) is 15.7. The standard InChI is InChI=1S/C14H25N3O2/c1-5-12(4)17-7-6-13(15-17)9-16(8-11(2)3)10-14(18)19/h6-7,11-12H,5,8-10H2,1-4H3,(H,18,19). The molecule has 19 heavy (non-hydrogen) atoms. The predicted octanol–water partition coefficient (Wildman–Crippen LogP) is 2.40. The van der Waals surface area contributed by atoms with Crippen molar-refractivity contribution in [1.82, 2.24) is 14.7 Å². The summed E-state index contributed by atoms with van der Waals surface area (Å²) in [5.74, 6) is -0.349. The largest absolute Gasteiger partial charge is 0.480 e. The Morgan fingerprint density at radius 3 is 2.68 bits per heavy atom. The number of aliphatic carboxylic acids is 1. The lowest BCUT2D eigenvalue weighted by atomic mass is 10.2. The molecule has 0 radical (unpaired) electrons. The van der Waals surface area contributed by atoms with Crippen LogP contribution in [-0.4, -0.2) is 38.8 Å². The maximum atomic E-state index is 10.9. The van der Waals surface area contributed by atoms with Gasteiger partial charge in [-0.3, -0.25) is 14.4 Å². The van der Waals surface area contributed by atoms with Crippen LogP contribution in [0.15, 0.2) is 12.3 Å². The summed E-state index contributed by atoms with van der Waals surface area (Å²) in [6.07, 6.45) is 3.00. The summed E-state index contributed by atoms with van der Waals surface area (Å²) in [7, 11) is 0. The highest BCUT2D eigenvalue weighted by molar-refractivity contribution is 5.69. The Labute approximate surface area is 115 Å². The van der Waals surface area contributed by atoms with Crippen LogP contribution in [0.3, 0.4) is 0 Å². The molecule has 0 spiro atoms. The molecule has 0 aliphatic heterocycles. The van der Waals surface area contributed by atoms with Gasteiger partial charge >= 0.3 is 5.97 Å². The van der Waals surface area contributed by atoms with E-state index in [1.807, 2.05) is 21.8 Å². The van der Waals surface area contributed by atoms with Gasteiger partial charge in [-0.05, 0) is 25.3 Å². The van der Waals surface area contributed by atoms with E-state index in [0.717, 1.165) is 18.7 Å². The second kappa shape index (κ2) is 7.28. The number of aromatic nitrogens is 2. The lowest BCUT2D eigenvalue weighted by Crippen LogP contribution is -2.32. The average Bonchev–Trinajstić information content (AvgIpc) is 2.74. The molecule has 1 N–H and O–H groups in total. The van der Waals surface area contributed by atoms with Crippen molar-refractivity contribution in [2.75, 3.05) is 13.1 Å². The Morgan fingerprint density at radius 1 is 1.47 bits per heavy atom. The molecular weight excluding hydrogens is 242 g/mol. The van der Waals surface area contributed by atoms with E-state index >= 15 is 0 Å². The molecule has 0 amide bonds. The van der Waals surface area contributed by atoms with Crippen molar-refractivity contribution in [3.8, 4) is 0 Å². The summed E-state index contributed by atoms with van der Waals surface area (Å²) in [5.41, 5.74) is 0.933. The Bertz CT molecular complexity index is 401. The van der Waals surface area contributed by atoms with Gasteiger partial charge in [0.1, 0.15) is 0 Å². The fourth-order valence-electron chi connectivity index (χ4n) is 2.02. The smallest absolute Gasteiger partial charge is 0.317 e. The highest BCUT2D eigenvalue weighted by atomic mass is 16.4. The fourth-order valence-corrected chi connectivity index (χ4v) is 2.02. The molecule has 1 unspecified atom stereocenters. The molecule has 1 aromatic heterocycles. The molecule has 0 aromatic carbocycles. The maximum Gasteiger partial charge on any atom is 0.317 e. The summed E-state index contributed by atoms with van der Waals surface area (Å²) in [5, 5.41) is 13.5. The van der Waals surface area contributed by atoms with Crippen LogP contribution in [0.5, 0.6) is 0 Å². The van der Waals surface area contributed by atoms with E-state index in [-0.39, 0.29) is 6.54 Å². The normalized spacial score (nSPS) is 13.2. The first-order chi connectivity index (χ1) is 8.92. The number of rotatable bonds is 8. The van der Waals surface area contributed by atoms with Crippen LogP contribution in [0.4, 0.5) is 0 Å². The minimum atomic E-state index is -0.790. The van der Waals surface area contributed by atoms with Gasteiger partial charge < -0.3 is 5.11 Å². The minimum Gasteiger partial charge on any atom is -0.480 e. The van der Waals surface area contributed by atoms with E-state index in [4.69, 9.17) is 5.11 Å². The van der Waals surface area contributed by atoms with E-state index in [9.17, 15) is 4.79 Å². The molecule has 0 saturated carbocycles. The van der Waals surface area contributed by atoms with Gasteiger partial charge in [0.25, 0.3) is 0 Å². The molecule has 5 nitrogen and oxygen atoms in total. The Hall–Kier alpha value is -1.36. The van der Waals surface area contributed by atoms with Crippen LogP contribution in [0.25, 0.3) is 0 Å². The quantitative estimate of drug-likeness (QED) is 0.785. The Balaban J connectivity index is 2.67. The van der Waals surface area contributed by atoms with Crippen molar-refractivity contribution in [2.45, 2.75) is 46.7 Å². The lowest BCUT2D eigenvalue weighted by Gasteiger charge is -2.21. The highest BCUT2D eigenvalue weighted by Crippen LogP contribution is 2.11. The van der Waals surface area contributed by atoms with Crippen LogP contribution in [-0.2, 0) is 11.3 Å². The molecule has 1 rings (SSSR count). The molecule has 0 aliphatic carbocycles. The topological polar surface area (TPSA) is 58.4 Å². The van der Waals surface area contributed by atoms with Crippen molar-refractivity contribution >= 4 is 5.97 Å². The molecule has 1 atom stereocenters. The van der Waals surface area contributed by atoms with Crippen LogP contribution in [0.1, 0.15) is 45.9 Å². The zero-order valence-corrected chi connectivity index (χ0v) is 12.3. The predicted molar refractivity (Wildman–Crippen MR) is 75.0 cm³/mol. The van der Waals surface area contributed by atoms with Crippen LogP contribution < -0.4 is 0 Å².